The van der Waals surface area contributed by atoms with Gasteiger partial charge >= 0.3 is 5.97 Å². The summed E-state index contributed by atoms with van der Waals surface area (Å²) in [5, 5.41) is 22.5. The van der Waals surface area contributed by atoms with Gasteiger partial charge in [0.2, 0.25) is 5.91 Å². The second-order valence-corrected chi connectivity index (χ2v) is 13.3. The van der Waals surface area contributed by atoms with Gasteiger partial charge < -0.3 is 29.5 Å². The van der Waals surface area contributed by atoms with Crippen LogP contribution in [-0.2, 0) is 31.8 Å². The number of carbonyl (C=O) groups excluding carboxylic acids is 1. The van der Waals surface area contributed by atoms with Crippen LogP contribution in [0.1, 0.15) is 55.2 Å². The Balaban J connectivity index is 1.46. The van der Waals surface area contributed by atoms with Gasteiger partial charge in [-0.3, -0.25) is 4.79 Å². The van der Waals surface area contributed by atoms with Crippen molar-refractivity contribution >= 4 is 29.2 Å². The molecule has 4 aliphatic rings. The van der Waals surface area contributed by atoms with E-state index in [1.54, 1.807) is 32.4 Å². The number of carboxylic acid groups (broad SMARTS) is 1. The van der Waals surface area contributed by atoms with Crippen LogP contribution < -0.4 is 9.64 Å². The molecule has 0 saturated heterocycles. The zero-order valence-electron chi connectivity index (χ0n) is 24.9. The number of ether oxygens (including phenoxy) is 2. The molecule has 1 spiro atoms. The maximum Gasteiger partial charge on any atom is 0.340 e. The van der Waals surface area contributed by atoms with Crippen molar-refractivity contribution in [2.45, 2.75) is 62.1 Å². The summed E-state index contributed by atoms with van der Waals surface area (Å²) in [6.45, 7) is 2.32. The Morgan fingerprint density at radius 3 is 2.77 bits per heavy atom. The van der Waals surface area contributed by atoms with Gasteiger partial charge in [-0.15, -0.1) is 0 Å². The van der Waals surface area contributed by atoms with Crippen molar-refractivity contribution in [2.75, 3.05) is 45.3 Å². The third-order valence-corrected chi connectivity index (χ3v) is 10.5. The van der Waals surface area contributed by atoms with E-state index in [1.807, 2.05) is 12.1 Å². The van der Waals surface area contributed by atoms with Gasteiger partial charge in [0.25, 0.3) is 0 Å². The number of rotatable bonds is 2. The van der Waals surface area contributed by atoms with Crippen LogP contribution in [0.5, 0.6) is 5.75 Å². The molecule has 9 heteroatoms. The molecular weight excluding hydrogens is 568 g/mol. The van der Waals surface area contributed by atoms with Crippen LogP contribution in [0.2, 0.25) is 5.02 Å². The van der Waals surface area contributed by atoms with Gasteiger partial charge in [-0.05, 0) is 91.3 Å². The van der Waals surface area contributed by atoms with Crippen LogP contribution in [0.4, 0.5) is 5.69 Å². The van der Waals surface area contributed by atoms with Gasteiger partial charge in [0, 0.05) is 44.2 Å². The summed E-state index contributed by atoms with van der Waals surface area (Å²) in [4.78, 5) is 29.5. The fourth-order valence-corrected chi connectivity index (χ4v) is 7.78. The summed E-state index contributed by atoms with van der Waals surface area (Å²) >= 11 is 6.41. The molecule has 0 aromatic heterocycles. The zero-order chi connectivity index (χ0) is 30.4. The molecule has 2 heterocycles. The number of benzene rings is 2. The summed E-state index contributed by atoms with van der Waals surface area (Å²) in [5.41, 5.74) is 0.766. The second kappa shape index (κ2) is 11.8. The molecule has 0 radical (unpaired) electrons. The first kappa shape index (κ1) is 30.0. The predicted octanol–water partition coefficient (Wildman–Crippen LogP) is 4.93. The van der Waals surface area contributed by atoms with Crippen LogP contribution in [0, 0.1) is 11.8 Å². The molecule has 2 aromatic carbocycles. The molecule has 1 fully saturated rings. The number of nitrogens with zero attached hydrogens (tertiary/aromatic N) is 2. The van der Waals surface area contributed by atoms with Crippen LogP contribution in [0.15, 0.2) is 48.6 Å². The zero-order valence-corrected chi connectivity index (χ0v) is 25.7. The molecule has 230 valence electrons. The molecule has 2 aliphatic carbocycles. The lowest BCUT2D eigenvalue weighted by Crippen LogP contribution is -2.49. The van der Waals surface area contributed by atoms with E-state index in [2.05, 4.69) is 23.1 Å². The Hall–Kier alpha value is -3.07. The monoisotopic (exact) mass is 608 g/mol. The number of methoxy groups -OCH3 is 1. The van der Waals surface area contributed by atoms with E-state index in [-0.39, 0.29) is 17.1 Å². The third-order valence-electron chi connectivity index (χ3n) is 10.3. The van der Waals surface area contributed by atoms with E-state index in [1.165, 1.54) is 16.0 Å². The molecule has 2 aromatic rings. The van der Waals surface area contributed by atoms with Gasteiger partial charge in [0.15, 0.2) is 5.60 Å². The van der Waals surface area contributed by atoms with Crippen molar-refractivity contribution in [2.24, 2.45) is 11.8 Å². The number of amides is 1. The van der Waals surface area contributed by atoms with Gasteiger partial charge in [0.1, 0.15) is 5.75 Å². The van der Waals surface area contributed by atoms with Gasteiger partial charge in [0.05, 0.1) is 24.8 Å². The van der Waals surface area contributed by atoms with E-state index < -0.39 is 23.9 Å². The highest BCUT2D eigenvalue weighted by Crippen LogP contribution is 2.47. The minimum atomic E-state index is -2.38. The van der Waals surface area contributed by atoms with Crippen molar-refractivity contribution in [1.82, 2.24) is 4.90 Å². The number of aryl methyl sites for hydroxylation is 1. The quantitative estimate of drug-likeness (QED) is 0.466. The molecule has 5 atom stereocenters. The largest absolute Gasteiger partial charge is 0.490 e. The number of halogens is 1. The summed E-state index contributed by atoms with van der Waals surface area (Å²) in [6.07, 6.45) is 9.25. The maximum atomic E-state index is 13.2. The van der Waals surface area contributed by atoms with Gasteiger partial charge in [-0.2, -0.15) is 0 Å². The molecule has 2 bridgehead atoms. The Bertz CT molecular complexity index is 1430. The van der Waals surface area contributed by atoms with E-state index in [0.717, 1.165) is 49.4 Å². The molecule has 1 amide bonds. The maximum absolute atomic E-state index is 13.2. The highest BCUT2D eigenvalue weighted by Gasteiger charge is 2.46. The predicted molar refractivity (Wildman–Crippen MR) is 165 cm³/mol. The molecule has 6 rings (SSSR count). The molecule has 8 nitrogen and oxygen atoms in total. The summed E-state index contributed by atoms with van der Waals surface area (Å²) in [6, 6.07) is 11.2. The number of aliphatic hydroxyl groups is 1. The molecule has 1 saturated carbocycles. The topological polar surface area (TPSA) is 99.5 Å². The lowest BCUT2D eigenvalue weighted by atomic mass is 9.68. The summed E-state index contributed by atoms with van der Waals surface area (Å²) in [5.74, 6) is -0.531. The second-order valence-electron chi connectivity index (χ2n) is 12.9. The van der Waals surface area contributed by atoms with Gasteiger partial charge in [-0.25, -0.2) is 4.79 Å². The lowest BCUT2D eigenvalue weighted by Gasteiger charge is -2.46. The molecule has 2 aliphatic heterocycles. The Morgan fingerprint density at radius 2 is 2.02 bits per heavy atom. The molecular formula is C34H41ClN2O6. The van der Waals surface area contributed by atoms with Crippen molar-refractivity contribution in [3.05, 3.63) is 70.3 Å². The van der Waals surface area contributed by atoms with E-state index in [0.29, 0.717) is 43.7 Å². The first-order valence-electron chi connectivity index (χ1n) is 15.3. The number of carbonyl (C=O) groups is 2. The lowest BCUT2D eigenvalue weighted by molar-refractivity contribution is -0.164. The third kappa shape index (κ3) is 5.54. The number of aliphatic carboxylic acids is 1. The van der Waals surface area contributed by atoms with Crippen molar-refractivity contribution in [3.63, 3.8) is 0 Å². The van der Waals surface area contributed by atoms with Gasteiger partial charge in [-0.1, -0.05) is 35.9 Å². The number of fused-ring (bicyclic) bond motifs is 4. The Morgan fingerprint density at radius 1 is 1.19 bits per heavy atom. The van der Waals surface area contributed by atoms with E-state index in [4.69, 9.17) is 21.1 Å². The van der Waals surface area contributed by atoms with Crippen LogP contribution in [0.3, 0.4) is 0 Å². The highest BCUT2D eigenvalue weighted by molar-refractivity contribution is 6.30. The Kier molecular flexibility index (Phi) is 8.22. The van der Waals surface area contributed by atoms with Crippen molar-refractivity contribution in [3.8, 4) is 5.75 Å². The standard InChI is InChI=1S/C34H41ClN2O6/c1-36-15-4-3-7-29(42-2)26-11-8-23(26)19-37-20-33(14-5-6-22-16-25(35)10-12-27(22)33)21-43-30-13-9-24(17-28(30)37)34(41,32(39)40)18-31(36)38/h3,7,9-10,12-13,16-17,23,26,29,41H,4-6,8,11,14-15,18-21H2,1-2H3,(H,39,40)/b7-3+/t23-,26+,29-,33-,34+/m0/s1. The summed E-state index contributed by atoms with van der Waals surface area (Å²) < 4.78 is 12.5. The minimum absolute atomic E-state index is 0.0229. The summed E-state index contributed by atoms with van der Waals surface area (Å²) in [7, 11) is 3.39. The number of carboxylic acids is 1. The molecule has 43 heavy (non-hydrogen) atoms. The first-order chi connectivity index (χ1) is 20.6. The number of anilines is 1. The van der Waals surface area contributed by atoms with E-state index >= 15 is 0 Å². The van der Waals surface area contributed by atoms with Crippen molar-refractivity contribution in [1.29, 1.82) is 0 Å². The van der Waals surface area contributed by atoms with Crippen LogP contribution in [-0.4, -0.2) is 73.5 Å². The highest BCUT2D eigenvalue weighted by atomic mass is 35.5. The average Bonchev–Trinajstić information content (AvgIpc) is 3.12. The minimum Gasteiger partial charge on any atom is -0.490 e. The van der Waals surface area contributed by atoms with E-state index in [9.17, 15) is 19.8 Å². The molecule has 2 N–H and O–H groups in total. The Labute approximate surface area is 258 Å². The smallest absolute Gasteiger partial charge is 0.340 e. The molecule has 0 unspecified atom stereocenters. The van der Waals surface area contributed by atoms with Crippen LogP contribution >= 0.6 is 11.6 Å². The fraction of sp³-hybridized carbons (Fsp3) is 0.529. The SMILES string of the molecule is CO[C@H]1/C=C/CCN(C)C(=O)C[C@](O)(C(=O)O)c2ccc3c(c2)N(C[C@@H]2CC[C@H]21)C[C@@]1(CCCc2cc(Cl)ccc21)CO3. The first-order valence-corrected chi connectivity index (χ1v) is 15.7. The average molecular weight is 609 g/mol. The van der Waals surface area contributed by atoms with Crippen molar-refractivity contribution < 1.29 is 29.3 Å². The number of hydrogen-bond acceptors (Lipinski definition) is 6. The normalized spacial score (nSPS) is 31.7. The number of hydrogen-bond donors (Lipinski definition) is 2. The fourth-order valence-electron chi connectivity index (χ4n) is 7.58. The van der Waals surface area contributed by atoms with Crippen LogP contribution in [0.25, 0.3) is 0 Å².